The maximum absolute atomic E-state index is 12.9. The van der Waals surface area contributed by atoms with E-state index in [9.17, 15) is 14.0 Å². The van der Waals surface area contributed by atoms with Gasteiger partial charge in [0.15, 0.2) is 11.4 Å². The number of halogens is 1. The lowest BCUT2D eigenvalue weighted by atomic mass is 9.82. The number of nitrogens with zero attached hydrogens (tertiary/aromatic N) is 2. The van der Waals surface area contributed by atoms with Gasteiger partial charge in [-0.25, -0.2) is 4.98 Å². The van der Waals surface area contributed by atoms with Crippen molar-refractivity contribution in [3.8, 4) is 5.75 Å². The van der Waals surface area contributed by atoms with Crippen molar-refractivity contribution in [2.75, 3.05) is 19.8 Å². The molecule has 1 atom stereocenters. The van der Waals surface area contributed by atoms with E-state index in [0.717, 1.165) is 45.1 Å². The van der Waals surface area contributed by atoms with Gasteiger partial charge in [0.1, 0.15) is 6.61 Å². The zero-order chi connectivity index (χ0) is 18.5. The van der Waals surface area contributed by atoms with Gasteiger partial charge < -0.3 is 15.4 Å². The maximum atomic E-state index is 12.9. The van der Waals surface area contributed by atoms with Crippen LogP contribution in [0.25, 0.3) is 0 Å². The average molecular weight is 363 g/mol. The first kappa shape index (κ1) is 18.6. The number of nitrogens with two attached hydrogens (primary N) is 1. The Morgan fingerprint density at radius 2 is 2.04 bits per heavy atom. The molecule has 1 aromatic heterocycles. The lowest BCUT2D eigenvalue weighted by molar-refractivity contribution is -0.138. The molecule has 2 heterocycles. The maximum Gasteiger partial charge on any atom is 0.271 e. The first-order valence-electron chi connectivity index (χ1n) is 9.34. The fourth-order valence-corrected chi connectivity index (χ4v) is 3.98. The second kappa shape index (κ2) is 8.47. The van der Waals surface area contributed by atoms with Crippen LogP contribution in [0.5, 0.6) is 5.75 Å². The van der Waals surface area contributed by atoms with Crippen LogP contribution in [0.1, 0.15) is 49.0 Å². The number of alkyl halides is 1. The summed E-state index contributed by atoms with van der Waals surface area (Å²) in [6, 6.07) is 3.33. The Morgan fingerprint density at radius 3 is 2.73 bits per heavy atom. The smallest absolute Gasteiger partial charge is 0.271 e. The number of hydrogen-bond donors (Lipinski definition) is 1. The molecule has 1 saturated carbocycles. The van der Waals surface area contributed by atoms with E-state index in [0.29, 0.717) is 12.4 Å². The van der Waals surface area contributed by atoms with Gasteiger partial charge in [0.2, 0.25) is 5.91 Å². The molecule has 1 aliphatic carbocycles. The standard InChI is InChI=1S/C19H26FN3O3/c20-11-13-5-7-14(8-6-13)19(25)23-10-2-3-15(23)12-26-16-4-1-9-22-17(16)18(21)24/h1,4,9,13-15H,2-3,5-8,10-12H2,(H2,21,24)/t13?,14?,15-/m1/s1. The Kier molecular flexibility index (Phi) is 6.06. The third-order valence-corrected chi connectivity index (χ3v) is 5.51. The SMILES string of the molecule is NC(=O)c1ncccc1OC[C@H]1CCCN1C(=O)C1CCC(CF)CC1. The number of likely N-dealkylation sites (tertiary alicyclic amines) is 1. The van der Waals surface area contributed by atoms with Crippen molar-refractivity contribution < 1.29 is 18.7 Å². The van der Waals surface area contributed by atoms with Crippen LogP contribution in [0, 0.1) is 11.8 Å². The number of hydrogen-bond acceptors (Lipinski definition) is 4. The quantitative estimate of drug-likeness (QED) is 0.840. The number of carbonyl (C=O) groups is 2. The Morgan fingerprint density at radius 1 is 1.27 bits per heavy atom. The molecular formula is C19H26FN3O3. The highest BCUT2D eigenvalue weighted by Gasteiger charge is 2.35. The van der Waals surface area contributed by atoms with Crippen molar-refractivity contribution in [3.63, 3.8) is 0 Å². The van der Waals surface area contributed by atoms with Crippen LogP contribution in [0.3, 0.4) is 0 Å². The minimum Gasteiger partial charge on any atom is -0.489 e. The van der Waals surface area contributed by atoms with Gasteiger partial charge in [0.25, 0.3) is 5.91 Å². The summed E-state index contributed by atoms with van der Waals surface area (Å²) in [4.78, 5) is 30.2. The summed E-state index contributed by atoms with van der Waals surface area (Å²) in [6.45, 7) is 0.761. The highest BCUT2D eigenvalue weighted by Crippen LogP contribution is 2.32. The molecule has 2 fully saturated rings. The van der Waals surface area contributed by atoms with E-state index in [4.69, 9.17) is 10.5 Å². The van der Waals surface area contributed by atoms with Crippen LogP contribution in [0.2, 0.25) is 0 Å². The first-order valence-corrected chi connectivity index (χ1v) is 9.34. The van der Waals surface area contributed by atoms with Gasteiger partial charge in [-0.1, -0.05) is 0 Å². The third-order valence-electron chi connectivity index (χ3n) is 5.51. The van der Waals surface area contributed by atoms with Crippen LogP contribution >= 0.6 is 0 Å². The highest BCUT2D eigenvalue weighted by atomic mass is 19.1. The molecular weight excluding hydrogens is 337 g/mol. The van der Waals surface area contributed by atoms with E-state index in [-0.39, 0.29) is 36.2 Å². The lowest BCUT2D eigenvalue weighted by Crippen LogP contribution is -2.43. The molecule has 1 aromatic rings. The predicted octanol–water partition coefficient (Wildman–Crippen LogP) is 2.33. The summed E-state index contributed by atoms with van der Waals surface area (Å²) in [5.41, 5.74) is 5.43. The molecule has 26 heavy (non-hydrogen) atoms. The minimum absolute atomic E-state index is 0.00188. The third kappa shape index (κ3) is 4.14. The number of rotatable bonds is 6. The molecule has 2 amide bonds. The Bertz CT molecular complexity index is 647. The number of primary amides is 1. The Hall–Kier alpha value is -2.18. The number of aromatic nitrogens is 1. The topological polar surface area (TPSA) is 85.5 Å². The van der Waals surface area contributed by atoms with Crippen LogP contribution < -0.4 is 10.5 Å². The summed E-state index contributed by atoms with van der Waals surface area (Å²) < 4.78 is 18.5. The van der Waals surface area contributed by atoms with Gasteiger partial charge in [0, 0.05) is 18.7 Å². The van der Waals surface area contributed by atoms with Crippen LogP contribution in [0.15, 0.2) is 18.3 Å². The molecule has 0 bridgehead atoms. The summed E-state index contributed by atoms with van der Waals surface area (Å²) in [6.07, 6.45) is 6.43. The molecule has 6 nitrogen and oxygen atoms in total. The zero-order valence-corrected chi connectivity index (χ0v) is 14.9. The molecule has 0 aromatic carbocycles. The monoisotopic (exact) mass is 363 g/mol. The van der Waals surface area contributed by atoms with Crippen LogP contribution in [0.4, 0.5) is 4.39 Å². The van der Waals surface area contributed by atoms with Crippen LogP contribution in [-0.4, -0.2) is 47.6 Å². The number of amides is 2. The zero-order valence-electron chi connectivity index (χ0n) is 14.9. The Labute approximate surface area is 152 Å². The van der Waals surface area contributed by atoms with Gasteiger partial charge in [0.05, 0.1) is 12.7 Å². The summed E-state index contributed by atoms with van der Waals surface area (Å²) in [7, 11) is 0. The molecule has 2 aliphatic rings. The van der Waals surface area contributed by atoms with Gasteiger partial charge >= 0.3 is 0 Å². The van der Waals surface area contributed by atoms with E-state index in [1.807, 2.05) is 4.90 Å². The van der Waals surface area contributed by atoms with E-state index >= 15 is 0 Å². The molecule has 2 N–H and O–H groups in total. The van der Waals surface area contributed by atoms with Crippen LogP contribution in [-0.2, 0) is 4.79 Å². The molecule has 1 saturated heterocycles. The summed E-state index contributed by atoms with van der Waals surface area (Å²) >= 11 is 0. The van der Waals surface area contributed by atoms with E-state index in [2.05, 4.69) is 4.98 Å². The largest absolute Gasteiger partial charge is 0.489 e. The highest BCUT2D eigenvalue weighted by molar-refractivity contribution is 5.93. The molecule has 3 rings (SSSR count). The summed E-state index contributed by atoms with van der Waals surface area (Å²) in [5, 5.41) is 0. The van der Waals surface area contributed by atoms with Gasteiger partial charge in [-0.3, -0.25) is 14.0 Å². The first-order chi connectivity index (χ1) is 12.6. The van der Waals surface area contributed by atoms with Crippen molar-refractivity contribution in [2.24, 2.45) is 17.6 Å². The predicted molar refractivity (Wildman–Crippen MR) is 94.4 cm³/mol. The number of pyridine rings is 1. The van der Waals surface area contributed by atoms with Crippen molar-refractivity contribution >= 4 is 11.8 Å². The molecule has 1 aliphatic heterocycles. The molecule has 0 spiro atoms. The van der Waals surface area contributed by atoms with Gasteiger partial charge in [-0.15, -0.1) is 0 Å². The average Bonchev–Trinajstić information content (AvgIpc) is 3.14. The molecule has 7 heteroatoms. The second-order valence-electron chi connectivity index (χ2n) is 7.23. The van der Waals surface area contributed by atoms with Crippen molar-refractivity contribution in [3.05, 3.63) is 24.0 Å². The molecule has 0 unspecified atom stereocenters. The second-order valence-corrected chi connectivity index (χ2v) is 7.23. The fraction of sp³-hybridized carbons (Fsp3) is 0.632. The van der Waals surface area contributed by atoms with Gasteiger partial charge in [-0.05, 0) is 56.6 Å². The number of carbonyl (C=O) groups excluding carboxylic acids is 2. The van der Waals surface area contributed by atoms with Crippen molar-refractivity contribution in [1.82, 2.24) is 9.88 Å². The fourth-order valence-electron chi connectivity index (χ4n) is 3.98. The van der Waals surface area contributed by atoms with E-state index in [1.54, 1.807) is 12.1 Å². The molecule has 0 radical (unpaired) electrons. The number of ether oxygens (including phenoxy) is 1. The van der Waals surface area contributed by atoms with Crippen molar-refractivity contribution in [2.45, 2.75) is 44.6 Å². The minimum atomic E-state index is -0.635. The summed E-state index contributed by atoms with van der Waals surface area (Å²) in [5.74, 6) is -0.00502. The van der Waals surface area contributed by atoms with E-state index < -0.39 is 5.91 Å². The van der Waals surface area contributed by atoms with Gasteiger partial charge in [-0.2, -0.15) is 0 Å². The lowest BCUT2D eigenvalue weighted by Gasteiger charge is -2.32. The Balaban J connectivity index is 1.59. The van der Waals surface area contributed by atoms with Crippen molar-refractivity contribution in [1.29, 1.82) is 0 Å². The normalized spacial score (nSPS) is 25.9. The van der Waals surface area contributed by atoms with E-state index in [1.165, 1.54) is 6.20 Å². The molecule has 142 valence electrons.